The molecule has 1 atom stereocenters. The van der Waals surface area contributed by atoms with Crippen LogP contribution in [-0.2, 0) is 23.7 Å². The van der Waals surface area contributed by atoms with E-state index in [2.05, 4.69) is 15.1 Å². The van der Waals surface area contributed by atoms with Crippen molar-refractivity contribution in [3.05, 3.63) is 52.3 Å². The maximum atomic E-state index is 14.0. The molecule has 3 rings (SSSR count). The first kappa shape index (κ1) is 25.4. The molecule has 1 N–H and O–H groups in total. The fourth-order valence-corrected chi connectivity index (χ4v) is 3.38. The van der Waals surface area contributed by atoms with Crippen LogP contribution in [0.5, 0.6) is 0 Å². The lowest BCUT2D eigenvalue weighted by atomic mass is 9.89. The molecule has 0 saturated carbocycles. The number of hydrogen-bond donors (Lipinski definition) is 1. The lowest BCUT2D eigenvalue weighted by Gasteiger charge is -2.28. The summed E-state index contributed by atoms with van der Waals surface area (Å²) in [5.74, 6) is -1.05. The molecule has 0 saturated heterocycles. The van der Waals surface area contributed by atoms with Gasteiger partial charge in [0.25, 0.3) is 11.5 Å². The van der Waals surface area contributed by atoms with Gasteiger partial charge in [-0.15, -0.1) is 0 Å². The second-order valence-corrected chi connectivity index (χ2v) is 7.49. The molecule has 186 valence electrons. The number of hydrogen-bond acceptors (Lipinski definition) is 4. The minimum Gasteiger partial charge on any atom is -0.372 e. The average molecular weight is 502 g/mol. The summed E-state index contributed by atoms with van der Waals surface area (Å²) < 4.78 is 118. The van der Waals surface area contributed by atoms with Crippen LogP contribution in [0.4, 0.5) is 39.5 Å². The highest BCUT2D eigenvalue weighted by atomic mass is 19.4. The van der Waals surface area contributed by atoms with Crippen molar-refractivity contribution < 1.29 is 49.1 Å². The van der Waals surface area contributed by atoms with E-state index in [0.29, 0.717) is 4.68 Å². The van der Waals surface area contributed by atoms with Gasteiger partial charge in [-0.2, -0.15) is 44.6 Å². The van der Waals surface area contributed by atoms with E-state index in [0.717, 1.165) is 19.2 Å². The minimum absolute atomic E-state index is 0.0363. The van der Waals surface area contributed by atoms with Gasteiger partial charge in [-0.1, -0.05) is 11.2 Å². The van der Waals surface area contributed by atoms with Gasteiger partial charge in [0.05, 0.1) is 17.8 Å². The summed E-state index contributed by atoms with van der Waals surface area (Å²) in [4.78, 5) is 16.7. The molecule has 2 heterocycles. The highest BCUT2D eigenvalue weighted by molar-refractivity contribution is 6.03. The zero-order valence-electron chi connectivity index (χ0n) is 17.3. The van der Waals surface area contributed by atoms with Gasteiger partial charge in [-0.3, -0.25) is 9.48 Å². The molecule has 1 aliphatic rings. The third-order valence-corrected chi connectivity index (χ3v) is 5.02. The largest absolute Gasteiger partial charge is 0.437 e. The predicted molar refractivity (Wildman–Crippen MR) is 97.7 cm³/mol. The minimum atomic E-state index is -5.19. The Morgan fingerprint density at radius 1 is 1.12 bits per heavy atom. The summed E-state index contributed by atoms with van der Waals surface area (Å²) in [5, 5.41) is 8.20. The molecule has 0 aliphatic carbocycles. The van der Waals surface area contributed by atoms with Crippen LogP contribution in [-0.4, -0.2) is 40.3 Å². The van der Waals surface area contributed by atoms with Gasteiger partial charge in [0.2, 0.25) is 0 Å². The van der Waals surface area contributed by atoms with Crippen LogP contribution in [0.25, 0.3) is 0 Å². The quantitative estimate of drug-likeness (QED) is 0.621. The summed E-state index contributed by atoms with van der Waals surface area (Å²) in [6.07, 6.45) is -15.8. The Morgan fingerprint density at radius 3 is 2.26 bits per heavy atom. The summed E-state index contributed by atoms with van der Waals surface area (Å²) >= 11 is 0. The first-order chi connectivity index (χ1) is 15.4. The molecule has 1 aromatic carbocycles. The molecular weight excluding hydrogens is 487 g/mol. The number of benzene rings is 1. The van der Waals surface area contributed by atoms with Gasteiger partial charge in [0, 0.05) is 12.6 Å². The van der Waals surface area contributed by atoms with Crippen LogP contribution in [0.2, 0.25) is 0 Å². The van der Waals surface area contributed by atoms with E-state index in [1.165, 1.54) is 13.0 Å². The number of nitrogens with one attached hydrogen (secondary N) is 1. The molecule has 2 aromatic rings. The molecule has 1 aliphatic heterocycles. The van der Waals surface area contributed by atoms with Crippen LogP contribution in [0.15, 0.2) is 29.4 Å². The van der Waals surface area contributed by atoms with Gasteiger partial charge in [0.15, 0.2) is 5.69 Å². The number of alkyl halides is 9. The maximum absolute atomic E-state index is 14.0. The molecule has 0 fully saturated rings. The van der Waals surface area contributed by atoms with Crippen LogP contribution in [0.1, 0.15) is 39.3 Å². The van der Waals surface area contributed by atoms with E-state index in [1.54, 1.807) is 5.32 Å². The normalized spacial score (nSPS) is 19.1. The van der Waals surface area contributed by atoms with E-state index in [4.69, 9.17) is 0 Å². The lowest BCUT2D eigenvalue weighted by Crippen LogP contribution is -2.44. The molecule has 15 heteroatoms. The fraction of sp³-hybridized carbons (Fsp3) is 0.421. The lowest BCUT2D eigenvalue weighted by molar-refractivity contribution is -0.278. The molecule has 1 aromatic heterocycles. The van der Waals surface area contributed by atoms with E-state index in [9.17, 15) is 44.3 Å². The van der Waals surface area contributed by atoms with Crippen LogP contribution >= 0.6 is 0 Å². The molecular formula is C19H15F9N4O2. The van der Waals surface area contributed by atoms with Crippen LogP contribution in [0.3, 0.4) is 0 Å². The predicted octanol–water partition coefficient (Wildman–Crippen LogP) is 4.62. The first-order valence-corrected chi connectivity index (χ1v) is 9.34. The van der Waals surface area contributed by atoms with Crippen molar-refractivity contribution in [3.8, 4) is 0 Å². The number of aromatic nitrogens is 2. The van der Waals surface area contributed by atoms with E-state index >= 15 is 0 Å². The summed E-state index contributed by atoms with van der Waals surface area (Å²) in [5.41, 5.74) is -6.02. The van der Waals surface area contributed by atoms with Gasteiger partial charge < -0.3 is 10.2 Å². The number of nitrogens with zero attached hydrogens (tertiary/aromatic N) is 3. The maximum Gasteiger partial charge on any atom is 0.437 e. The van der Waals surface area contributed by atoms with Crippen molar-refractivity contribution >= 4 is 11.6 Å². The average Bonchev–Trinajstić information content (AvgIpc) is 3.29. The second kappa shape index (κ2) is 8.20. The molecule has 0 radical (unpaired) electrons. The number of halogens is 9. The summed E-state index contributed by atoms with van der Waals surface area (Å²) in [6, 6.07) is 3.68. The molecule has 0 bridgehead atoms. The molecule has 0 spiro atoms. The van der Waals surface area contributed by atoms with Crippen molar-refractivity contribution in [2.45, 2.75) is 37.5 Å². The van der Waals surface area contributed by atoms with Gasteiger partial charge in [-0.05, 0) is 36.2 Å². The smallest absolute Gasteiger partial charge is 0.372 e. The van der Waals surface area contributed by atoms with Crippen molar-refractivity contribution in [2.24, 2.45) is 12.2 Å². The van der Waals surface area contributed by atoms with E-state index < -0.39 is 54.4 Å². The molecule has 1 unspecified atom stereocenters. The van der Waals surface area contributed by atoms with Gasteiger partial charge >= 0.3 is 18.5 Å². The number of carbonyl (C=O) groups is 1. The summed E-state index contributed by atoms with van der Waals surface area (Å²) in [6.45, 7) is -0.234. The van der Waals surface area contributed by atoms with E-state index in [1.807, 2.05) is 0 Å². The van der Waals surface area contributed by atoms with Crippen LogP contribution < -0.4 is 5.32 Å². The third-order valence-electron chi connectivity index (χ3n) is 5.02. The Kier molecular flexibility index (Phi) is 6.12. The van der Waals surface area contributed by atoms with Gasteiger partial charge in [-0.25, -0.2) is 0 Å². The molecule has 34 heavy (non-hydrogen) atoms. The Labute approximate surface area is 185 Å². The van der Waals surface area contributed by atoms with Crippen molar-refractivity contribution in [1.82, 2.24) is 15.1 Å². The highest BCUT2D eigenvalue weighted by Gasteiger charge is 2.64. The zero-order chi connectivity index (χ0) is 25.7. The first-order valence-electron chi connectivity index (χ1n) is 9.34. The standard InChI is InChI=1S/C19H15F9N4O2/c1-9-5-10(3-4-11(9)15(33)29-8-17(20,21)22)12-7-16(34-31-12,19(26,27)28)14-6-13(18(23,24)25)30-32(14)2/h3-6H,7-8H2,1-2H3,(H,29,33). The number of oxime groups is 1. The number of aryl methyl sites for hydroxylation is 2. The van der Waals surface area contributed by atoms with Gasteiger partial charge in [0.1, 0.15) is 6.54 Å². The fourth-order valence-electron chi connectivity index (χ4n) is 3.38. The molecule has 6 nitrogen and oxygen atoms in total. The van der Waals surface area contributed by atoms with Crippen molar-refractivity contribution in [2.75, 3.05) is 6.54 Å². The third kappa shape index (κ3) is 4.82. The second-order valence-electron chi connectivity index (χ2n) is 7.49. The van der Waals surface area contributed by atoms with E-state index in [-0.39, 0.29) is 28.5 Å². The highest BCUT2D eigenvalue weighted by Crippen LogP contribution is 2.49. The van der Waals surface area contributed by atoms with Crippen molar-refractivity contribution in [3.63, 3.8) is 0 Å². The van der Waals surface area contributed by atoms with Crippen LogP contribution in [0, 0.1) is 6.92 Å². The number of rotatable bonds is 4. The zero-order valence-corrected chi connectivity index (χ0v) is 17.3. The molecule has 1 amide bonds. The Morgan fingerprint density at radius 2 is 1.76 bits per heavy atom. The summed E-state index contributed by atoms with van der Waals surface area (Å²) in [7, 11) is 0.901. The Bertz CT molecular complexity index is 1130. The van der Waals surface area contributed by atoms with Crippen molar-refractivity contribution in [1.29, 1.82) is 0 Å². The SMILES string of the molecule is Cc1cc(C2=NOC(c3cc(C(F)(F)F)nn3C)(C(F)(F)F)C2)ccc1C(=O)NCC(F)(F)F. The monoisotopic (exact) mass is 502 g/mol. The number of carbonyl (C=O) groups excluding carboxylic acids is 1. The topological polar surface area (TPSA) is 68.5 Å². The Balaban J connectivity index is 1.91. The number of amides is 1. The Hall–Kier alpha value is -3.26.